The van der Waals surface area contributed by atoms with Crippen molar-refractivity contribution in [2.75, 3.05) is 59.5 Å². The summed E-state index contributed by atoms with van der Waals surface area (Å²) in [6.45, 7) is 9.66. The maximum absolute atomic E-state index is 5.43. The molecule has 4 nitrogen and oxygen atoms in total. The lowest BCUT2D eigenvalue weighted by molar-refractivity contribution is 0.0255. The largest absolute Gasteiger partial charge is 0.382 e. The predicted molar refractivity (Wildman–Crippen MR) is 74.0 cm³/mol. The van der Waals surface area contributed by atoms with Crippen LogP contribution in [0.5, 0.6) is 0 Å². The fourth-order valence-electron chi connectivity index (χ4n) is 1.07. The van der Waals surface area contributed by atoms with Crippen LogP contribution in [0.15, 0.2) is 0 Å². The average molecular weight is 265 g/mol. The normalized spacial score (nSPS) is 12.0. The summed E-state index contributed by atoms with van der Waals surface area (Å²) >= 11 is 1.87. The van der Waals surface area contributed by atoms with Gasteiger partial charge in [0.1, 0.15) is 0 Å². The summed E-state index contributed by atoms with van der Waals surface area (Å²) in [5.41, 5.74) is 0. The summed E-state index contributed by atoms with van der Waals surface area (Å²) in [6, 6.07) is 0. The van der Waals surface area contributed by atoms with E-state index in [0.29, 0.717) is 31.2 Å². The van der Waals surface area contributed by atoms with Gasteiger partial charge < -0.3 is 19.5 Å². The fraction of sp³-hybridized carbons (Fsp3) is 1.00. The molecule has 0 aliphatic carbocycles. The van der Waals surface area contributed by atoms with Gasteiger partial charge in [0.05, 0.1) is 33.0 Å². The lowest BCUT2D eigenvalue weighted by atomic mass is 10.2. The molecule has 5 heteroatoms. The first-order valence-corrected chi connectivity index (χ1v) is 7.25. The van der Waals surface area contributed by atoms with Gasteiger partial charge in [-0.3, -0.25) is 0 Å². The Balaban J connectivity index is 3.09. The average Bonchev–Trinajstić information content (AvgIpc) is 2.31. The third-order valence-electron chi connectivity index (χ3n) is 2.33. The number of rotatable bonds is 12. The lowest BCUT2D eigenvalue weighted by Crippen LogP contribution is -2.34. The Morgan fingerprint density at radius 3 is 2.18 bits per heavy atom. The third-order valence-corrected chi connectivity index (χ3v) is 3.58. The Kier molecular flexibility index (Phi) is 11.4. The van der Waals surface area contributed by atoms with E-state index in [9.17, 15) is 0 Å². The molecule has 17 heavy (non-hydrogen) atoms. The van der Waals surface area contributed by atoms with Gasteiger partial charge in [0.15, 0.2) is 0 Å². The highest BCUT2D eigenvalue weighted by atomic mass is 32.2. The van der Waals surface area contributed by atoms with Gasteiger partial charge in [-0.05, 0) is 20.1 Å². The monoisotopic (exact) mass is 265 g/mol. The van der Waals surface area contributed by atoms with Crippen LogP contribution in [-0.2, 0) is 14.2 Å². The van der Waals surface area contributed by atoms with E-state index < -0.39 is 0 Å². The molecule has 0 aliphatic heterocycles. The molecule has 0 rings (SSSR count). The van der Waals surface area contributed by atoms with Crippen molar-refractivity contribution in [2.45, 2.75) is 18.6 Å². The van der Waals surface area contributed by atoms with Crippen LogP contribution in [0.4, 0.5) is 0 Å². The molecule has 0 fully saturated rings. The maximum atomic E-state index is 5.43. The standard InChI is InChI=1S/C12H27NO3S/c1-12(2,17-4)11-13-5-6-15-9-10-16-8-7-14-3/h13H,5-11H2,1-4H3. The van der Waals surface area contributed by atoms with E-state index in [1.165, 1.54) is 0 Å². The first-order valence-electron chi connectivity index (χ1n) is 6.02. The molecule has 0 radical (unpaired) electrons. The minimum Gasteiger partial charge on any atom is -0.382 e. The molecule has 0 atom stereocenters. The minimum atomic E-state index is 0.295. The van der Waals surface area contributed by atoms with E-state index in [1.54, 1.807) is 7.11 Å². The molecule has 0 aromatic carbocycles. The number of ether oxygens (including phenoxy) is 3. The summed E-state index contributed by atoms with van der Waals surface area (Å²) in [5, 5.41) is 3.38. The van der Waals surface area contributed by atoms with Crippen LogP contribution >= 0.6 is 11.8 Å². The van der Waals surface area contributed by atoms with Gasteiger partial charge in [0, 0.05) is 24.9 Å². The predicted octanol–water partition coefficient (Wildman–Crippen LogP) is 1.40. The molecule has 0 aromatic heterocycles. The van der Waals surface area contributed by atoms with E-state index in [-0.39, 0.29) is 0 Å². The van der Waals surface area contributed by atoms with Crippen molar-refractivity contribution >= 4 is 11.8 Å². The zero-order chi connectivity index (χ0) is 13.0. The van der Waals surface area contributed by atoms with Crippen LogP contribution < -0.4 is 5.32 Å². The number of hydrogen-bond donors (Lipinski definition) is 1. The van der Waals surface area contributed by atoms with E-state index in [4.69, 9.17) is 14.2 Å². The molecular weight excluding hydrogens is 238 g/mol. The maximum Gasteiger partial charge on any atom is 0.0701 e. The van der Waals surface area contributed by atoms with E-state index in [0.717, 1.165) is 19.7 Å². The van der Waals surface area contributed by atoms with Crippen molar-refractivity contribution in [1.29, 1.82) is 0 Å². The lowest BCUT2D eigenvalue weighted by Gasteiger charge is -2.22. The van der Waals surface area contributed by atoms with Crippen molar-refractivity contribution in [2.24, 2.45) is 0 Å². The van der Waals surface area contributed by atoms with Crippen molar-refractivity contribution in [3.8, 4) is 0 Å². The molecule has 104 valence electrons. The van der Waals surface area contributed by atoms with Gasteiger partial charge in [0.2, 0.25) is 0 Å². The second-order valence-corrected chi connectivity index (χ2v) is 5.87. The van der Waals surface area contributed by atoms with Crippen molar-refractivity contribution in [1.82, 2.24) is 5.32 Å². The Morgan fingerprint density at radius 1 is 1.00 bits per heavy atom. The summed E-state index contributed by atoms with van der Waals surface area (Å²) < 4.78 is 15.9. The Bertz CT molecular complexity index is 168. The second-order valence-electron chi connectivity index (χ2n) is 4.36. The molecule has 0 heterocycles. The first-order chi connectivity index (χ1) is 8.12. The van der Waals surface area contributed by atoms with Crippen LogP contribution in [0.3, 0.4) is 0 Å². The van der Waals surface area contributed by atoms with E-state index in [2.05, 4.69) is 25.4 Å². The summed E-state index contributed by atoms with van der Waals surface area (Å²) in [5.74, 6) is 0. The zero-order valence-corrected chi connectivity index (χ0v) is 12.4. The molecule has 0 amide bonds. The van der Waals surface area contributed by atoms with Gasteiger partial charge in [-0.15, -0.1) is 0 Å². The van der Waals surface area contributed by atoms with Crippen molar-refractivity contribution < 1.29 is 14.2 Å². The molecule has 0 saturated heterocycles. The van der Waals surface area contributed by atoms with Gasteiger partial charge >= 0.3 is 0 Å². The van der Waals surface area contributed by atoms with Crippen LogP contribution in [0.1, 0.15) is 13.8 Å². The SMILES string of the molecule is COCCOCCOCCNCC(C)(C)SC. The number of hydrogen-bond acceptors (Lipinski definition) is 5. The smallest absolute Gasteiger partial charge is 0.0701 e. The van der Waals surface area contributed by atoms with Gasteiger partial charge in [-0.25, -0.2) is 0 Å². The fourth-order valence-corrected chi connectivity index (χ4v) is 1.32. The quantitative estimate of drug-likeness (QED) is 0.540. The van der Waals surface area contributed by atoms with E-state index in [1.807, 2.05) is 11.8 Å². The molecule has 0 aliphatic rings. The molecule has 0 spiro atoms. The van der Waals surface area contributed by atoms with Crippen molar-refractivity contribution in [3.05, 3.63) is 0 Å². The minimum absolute atomic E-state index is 0.295. The van der Waals surface area contributed by atoms with Crippen molar-refractivity contribution in [3.63, 3.8) is 0 Å². The Labute approximate surface area is 110 Å². The van der Waals surface area contributed by atoms with Gasteiger partial charge in [-0.2, -0.15) is 11.8 Å². The number of methoxy groups -OCH3 is 1. The Hall–Kier alpha value is 0.190. The van der Waals surface area contributed by atoms with Crippen LogP contribution in [0, 0.1) is 0 Å². The molecular formula is C12H27NO3S. The van der Waals surface area contributed by atoms with Gasteiger partial charge in [0.25, 0.3) is 0 Å². The summed E-state index contributed by atoms with van der Waals surface area (Å²) in [6.07, 6.45) is 2.13. The zero-order valence-electron chi connectivity index (χ0n) is 11.6. The molecule has 0 unspecified atom stereocenters. The molecule has 1 N–H and O–H groups in total. The number of thioether (sulfide) groups is 1. The van der Waals surface area contributed by atoms with Gasteiger partial charge in [-0.1, -0.05) is 0 Å². The van der Waals surface area contributed by atoms with Crippen LogP contribution in [0.25, 0.3) is 0 Å². The highest BCUT2D eigenvalue weighted by Crippen LogP contribution is 2.19. The summed E-state index contributed by atoms with van der Waals surface area (Å²) in [4.78, 5) is 0. The molecule has 0 saturated carbocycles. The molecule has 0 aromatic rings. The van der Waals surface area contributed by atoms with Crippen LogP contribution in [0.2, 0.25) is 0 Å². The van der Waals surface area contributed by atoms with Crippen LogP contribution in [-0.4, -0.2) is 64.2 Å². The first kappa shape index (κ1) is 17.2. The molecule has 0 bridgehead atoms. The van der Waals surface area contributed by atoms with E-state index >= 15 is 0 Å². The number of nitrogens with one attached hydrogen (secondary N) is 1. The highest BCUT2D eigenvalue weighted by molar-refractivity contribution is 7.99. The highest BCUT2D eigenvalue weighted by Gasteiger charge is 2.14. The third kappa shape index (κ3) is 12.4. The Morgan fingerprint density at radius 2 is 1.59 bits per heavy atom. The second kappa shape index (κ2) is 11.3. The topological polar surface area (TPSA) is 39.7 Å². The summed E-state index contributed by atoms with van der Waals surface area (Å²) in [7, 11) is 1.67.